The number of phenolic OH excluding ortho intramolecular Hbond substituents is 1. The van der Waals surface area contributed by atoms with Crippen molar-refractivity contribution in [3.05, 3.63) is 99.2 Å². The zero-order valence-electron chi connectivity index (χ0n) is 16.1. The zero-order chi connectivity index (χ0) is 21.3. The summed E-state index contributed by atoms with van der Waals surface area (Å²) >= 11 is 12.5. The Balaban J connectivity index is 1.61. The molecule has 6 heteroatoms. The lowest BCUT2D eigenvalue weighted by Crippen LogP contribution is -2.13. The molecule has 0 bridgehead atoms. The number of nitrogens with one attached hydrogen (secondary N) is 1. The summed E-state index contributed by atoms with van der Waals surface area (Å²) in [5, 5.41) is 14.8. The molecule has 150 valence electrons. The largest absolute Gasteiger partial charge is 0.506 e. The number of carbonyl (C=O) groups is 1. The highest BCUT2D eigenvalue weighted by Gasteiger charge is 2.15. The first-order valence-electron chi connectivity index (χ1n) is 9.34. The van der Waals surface area contributed by atoms with E-state index < -0.39 is 0 Å². The van der Waals surface area contributed by atoms with Crippen LogP contribution in [-0.2, 0) is 6.42 Å². The van der Waals surface area contributed by atoms with E-state index in [-0.39, 0.29) is 11.7 Å². The molecule has 0 aliphatic heterocycles. The monoisotopic (exact) mass is 436 g/mol. The summed E-state index contributed by atoms with van der Waals surface area (Å²) in [5.41, 5.74) is 4.41. The van der Waals surface area contributed by atoms with Crippen molar-refractivity contribution in [2.24, 2.45) is 0 Å². The maximum atomic E-state index is 12.9. The van der Waals surface area contributed by atoms with Gasteiger partial charge >= 0.3 is 0 Å². The molecule has 0 spiro atoms. The molecular formula is C24H18Cl2N2O2. The molecule has 0 aliphatic carbocycles. The number of anilines is 1. The van der Waals surface area contributed by atoms with E-state index in [4.69, 9.17) is 23.2 Å². The van der Waals surface area contributed by atoms with Crippen molar-refractivity contribution in [3.8, 4) is 5.75 Å². The quantitative estimate of drug-likeness (QED) is 0.389. The van der Waals surface area contributed by atoms with Crippen molar-refractivity contribution >= 4 is 45.7 Å². The summed E-state index contributed by atoms with van der Waals surface area (Å²) in [5.74, 6) is -0.259. The minimum atomic E-state index is -0.294. The highest BCUT2D eigenvalue weighted by atomic mass is 35.5. The number of carbonyl (C=O) groups excluding carboxylic acids is 1. The lowest BCUT2D eigenvalue weighted by Gasteiger charge is -2.14. The molecule has 1 aromatic heterocycles. The van der Waals surface area contributed by atoms with Crippen molar-refractivity contribution in [1.82, 2.24) is 4.98 Å². The number of aromatic hydroxyl groups is 1. The van der Waals surface area contributed by atoms with Crippen LogP contribution in [0.1, 0.15) is 27.0 Å². The third kappa shape index (κ3) is 4.11. The second kappa shape index (κ2) is 8.34. The number of nitrogens with zero attached hydrogens (tertiary/aromatic N) is 1. The van der Waals surface area contributed by atoms with E-state index in [0.717, 1.165) is 16.7 Å². The summed E-state index contributed by atoms with van der Waals surface area (Å²) in [6.45, 7) is 1.92. The Labute approximate surface area is 184 Å². The van der Waals surface area contributed by atoms with Crippen molar-refractivity contribution in [2.45, 2.75) is 13.3 Å². The smallest absolute Gasteiger partial charge is 0.256 e. The van der Waals surface area contributed by atoms with Crippen LogP contribution in [0.3, 0.4) is 0 Å². The van der Waals surface area contributed by atoms with E-state index in [9.17, 15) is 9.90 Å². The normalized spacial score (nSPS) is 10.9. The number of amides is 1. The van der Waals surface area contributed by atoms with Crippen LogP contribution in [0.2, 0.25) is 10.0 Å². The van der Waals surface area contributed by atoms with Crippen LogP contribution in [-0.4, -0.2) is 16.0 Å². The molecule has 0 saturated heterocycles. The molecule has 0 radical (unpaired) electrons. The summed E-state index contributed by atoms with van der Waals surface area (Å²) in [7, 11) is 0. The van der Waals surface area contributed by atoms with E-state index in [0.29, 0.717) is 38.6 Å². The van der Waals surface area contributed by atoms with E-state index in [1.54, 1.807) is 30.5 Å². The fourth-order valence-corrected chi connectivity index (χ4v) is 3.74. The molecule has 0 atom stereocenters. The Morgan fingerprint density at radius 2 is 1.83 bits per heavy atom. The zero-order valence-corrected chi connectivity index (χ0v) is 17.6. The number of pyridine rings is 1. The predicted molar refractivity (Wildman–Crippen MR) is 122 cm³/mol. The first kappa shape index (κ1) is 20.2. The first-order chi connectivity index (χ1) is 14.4. The van der Waals surface area contributed by atoms with Gasteiger partial charge in [-0.2, -0.15) is 0 Å². The van der Waals surface area contributed by atoms with Gasteiger partial charge in [-0.05, 0) is 66.4 Å². The molecular weight excluding hydrogens is 419 g/mol. The number of benzene rings is 3. The molecule has 4 nitrogen and oxygen atoms in total. The van der Waals surface area contributed by atoms with Crippen molar-refractivity contribution in [3.63, 3.8) is 0 Å². The van der Waals surface area contributed by atoms with Gasteiger partial charge in [0, 0.05) is 32.9 Å². The van der Waals surface area contributed by atoms with Gasteiger partial charge in [-0.1, -0.05) is 47.5 Å². The van der Waals surface area contributed by atoms with Crippen LogP contribution in [0.4, 0.5) is 5.69 Å². The van der Waals surface area contributed by atoms with Crippen LogP contribution in [0.5, 0.6) is 5.75 Å². The lowest BCUT2D eigenvalue weighted by molar-refractivity contribution is 0.102. The molecule has 3 aromatic carbocycles. The maximum absolute atomic E-state index is 12.9. The predicted octanol–water partition coefficient (Wildman–Crippen LogP) is 6.40. The van der Waals surface area contributed by atoms with Crippen LogP contribution < -0.4 is 5.32 Å². The number of phenols is 1. The highest BCUT2D eigenvalue weighted by molar-refractivity contribution is 6.32. The van der Waals surface area contributed by atoms with Crippen molar-refractivity contribution < 1.29 is 9.90 Å². The minimum Gasteiger partial charge on any atom is -0.506 e. The number of aromatic nitrogens is 1. The number of halogens is 2. The van der Waals surface area contributed by atoms with Crippen LogP contribution in [0.15, 0.2) is 66.9 Å². The number of aryl methyl sites for hydroxylation is 1. The Bertz CT molecular complexity index is 1250. The Hall–Kier alpha value is -3.08. The van der Waals surface area contributed by atoms with Gasteiger partial charge in [0.1, 0.15) is 11.3 Å². The molecule has 1 amide bonds. The maximum Gasteiger partial charge on any atom is 0.256 e. The summed E-state index contributed by atoms with van der Waals surface area (Å²) in [6, 6.07) is 17.9. The molecule has 0 unspecified atom stereocenters. The molecule has 4 aromatic rings. The SMILES string of the molecule is Cc1cc(Cc2ccc(Cl)cc2)c(Cl)cc1NC(=O)c1ccc(O)c2ncccc12. The van der Waals surface area contributed by atoms with Gasteiger partial charge in [0.15, 0.2) is 0 Å². The molecule has 4 rings (SSSR count). The van der Waals surface area contributed by atoms with E-state index in [2.05, 4.69) is 10.3 Å². The second-order valence-corrected chi connectivity index (χ2v) is 7.89. The molecule has 0 fully saturated rings. The van der Waals surface area contributed by atoms with E-state index in [1.807, 2.05) is 37.3 Å². The summed E-state index contributed by atoms with van der Waals surface area (Å²) in [6.07, 6.45) is 2.24. The number of hydrogen-bond acceptors (Lipinski definition) is 3. The Kier molecular flexibility index (Phi) is 5.62. The van der Waals surface area contributed by atoms with Crippen LogP contribution in [0.25, 0.3) is 10.9 Å². The van der Waals surface area contributed by atoms with Gasteiger partial charge in [0.05, 0.1) is 0 Å². The average molecular weight is 437 g/mol. The fraction of sp³-hybridized carbons (Fsp3) is 0.0833. The van der Waals surface area contributed by atoms with Gasteiger partial charge in [0.2, 0.25) is 0 Å². The second-order valence-electron chi connectivity index (χ2n) is 7.05. The first-order valence-corrected chi connectivity index (χ1v) is 10.1. The average Bonchev–Trinajstić information content (AvgIpc) is 2.73. The number of rotatable bonds is 4. The third-order valence-electron chi connectivity index (χ3n) is 4.94. The van der Waals surface area contributed by atoms with Gasteiger partial charge in [-0.15, -0.1) is 0 Å². The van der Waals surface area contributed by atoms with E-state index in [1.165, 1.54) is 6.07 Å². The number of fused-ring (bicyclic) bond motifs is 1. The minimum absolute atomic E-state index is 0.0351. The third-order valence-corrected chi connectivity index (χ3v) is 5.55. The molecule has 0 saturated carbocycles. The highest BCUT2D eigenvalue weighted by Crippen LogP contribution is 2.29. The van der Waals surface area contributed by atoms with Crippen molar-refractivity contribution in [1.29, 1.82) is 0 Å². The van der Waals surface area contributed by atoms with Gasteiger partial charge in [-0.3, -0.25) is 9.78 Å². The van der Waals surface area contributed by atoms with Gasteiger partial charge < -0.3 is 10.4 Å². The van der Waals surface area contributed by atoms with Gasteiger partial charge in [-0.25, -0.2) is 0 Å². The number of hydrogen-bond donors (Lipinski definition) is 2. The topological polar surface area (TPSA) is 62.2 Å². The van der Waals surface area contributed by atoms with Crippen LogP contribution in [0, 0.1) is 6.92 Å². The molecule has 30 heavy (non-hydrogen) atoms. The standard InChI is InChI=1S/C24H18Cl2N2O2/c1-14-11-16(12-15-4-6-17(25)7-5-15)20(26)13-21(14)28-24(30)19-8-9-22(29)23-18(19)3-2-10-27-23/h2-11,13,29H,12H2,1H3,(H,28,30). The molecule has 1 heterocycles. The Morgan fingerprint density at radius 1 is 1.07 bits per heavy atom. The lowest BCUT2D eigenvalue weighted by atomic mass is 10.0. The van der Waals surface area contributed by atoms with Crippen molar-refractivity contribution in [2.75, 3.05) is 5.32 Å². The fourth-order valence-electron chi connectivity index (χ4n) is 3.38. The summed E-state index contributed by atoms with van der Waals surface area (Å²) in [4.78, 5) is 17.1. The molecule has 0 aliphatic rings. The molecule has 2 N–H and O–H groups in total. The summed E-state index contributed by atoms with van der Waals surface area (Å²) < 4.78 is 0. The van der Waals surface area contributed by atoms with Crippen LogP contribution >= 0.6 is 23.2 Å². The van der Waals surface area contributed by atoms with E-state index >= 15 is 0 Å². The van der Waals surface area contributed by atoms with Gasteiger partial charge in [0.25, 0.3) is 5.91 Å². The Morgan fingerprint density at radius 3 is 2.60 bits per heavy atom.